The second-order valence-electron chi connectivity index (χ2n) is 12.0. The van der Waals surface area contributed by atoms with Gasteiger partial charge in [-0.15, -0.1) is 0 Å². The Morgan fingerprint density at radius 2 is 1.86 bits per heavy atom. The van der Waals surface area contributed by atoms with E-state index in [4.69, 9.17) is 10.6 Å². The molecule has 206 valence electrons. The van der Waals surface area contributed by atoms with Crippen LogP contribution in [0, 0.1) is 46.3 Å². The number of carbonyl (C=O) groups is 2. The van der Waals surface area contributed by atoms with E-state index in [0.717, 1.165) is 19.3 Å². The van der Waals surface area contributed by atoms with Crippen LogP contribution in [0.3, 0.4) is 0 Å². The number of carboxylic acids is 1. The Kier molecular flexibility index (Phi) is 8.14. The van der Waals surface area contributed by atoms with E-state index in [1.54, 1.807) is 0 Å². The Labute approximate surface area is 248 Å². The Bertz CT molecular complexity index is 1130. The summed E-state index contributed by atoms with van der Waals surface area (Å²) in [6.45, 7) is 5.78. The first-order valence-electron chi connectivity index (χ1n) is 15.0. The van der Waals surface area contributed by atoms with Gasteiger partial charge in [0.25, 0.3) is 0 Å². The van der Waals surface area contributed by atoms with Crippen LogP contribution in [0.15, 0.2) is 0 Å². The molecule has 37 heavy (non-hydrogen) atoms. The van der Waals surface area contributed by atoms with E-state index in [9.17, 15) is 27.7 Å². The molecule has 9 nitrogen and oxygen atoms in total. The number of hydrogen-bond acceptors (Lipinski definition) is 7. The van der Waals surface area contributed by atoms with E-state index in [2.05, 4.69) is 23.3 Å². The molecule has 0 radical (unpaired) electrons. The molecule has 0 aromatic rings. The van der Waals surface area contributed by atoms with Crippen LogP contribution in [-0.2, 0) is 24.2 Å². The van der Waals surface area contributed by atoms with Gasteiger partial charge in [-0.05, 0) is 104 Å². The third-order valence-corrected chi connectivity index (χ3v) is 10.6. The number of rotatable bonds is 8. The zero-order chi connectivity index (χ0) is 30.1. The van der Waals surface area contributed by atoms with E-state index < -0.39 is 59.2 Å². The smallest absolute Gasteiger partial charge is 0.726 e. The van der Waals surface area contributed by atoms with Gasteiger partial charge < -0.3 is 20.1 Å². The molecule has 4 aliphatic rings. The molecular weight excluding hydrogens is 509 g/mol. The fourth-order valence-corrected chi connectivity index (χ4v) is 8.83. The predicted octanol–water partition coefficient (Wildman–Crippen LogP) is 0.0826. The molecule has 4 rings (SSSR count). The van der Waals surface area contributed by atoms with Gasteiger partial charge in [-0.2, -0.15) is 0 Å². The minimum atomic E-state index is -5.36. The Morgan fingerprint density at radius 1 is 1.19 bits per heavy atom. The van der Waals surface area contributed by atoms with E-state index in [-0.39, 0.29) is 89.7 Å². The van der Waals surface area contributed by atoms with Crippen LogP contribution in [-0.4, -0.2) is 53.8 Å². The number of amides is 1. The zero-order valence-electron chi connectivity index (χ0n) is 26.2. The number of carboxylic acid groups (broad SMARTS) is 1. The van der Waals surface area contributed by atoms with Crippen molar-refractivity contribution >= 4 is 22.3 Å². The van der Waals surface area contributed by atoms with Crippen molar-refractivity contribution in [3.63, 3.8) is 0 Å². The molecule has 4 aliphatic carbocycles. The molecule has 0 bridgehead atoms. The predicted molar refractivity (Wildman–Crippen MR) is 130 cm³/mol. The molecule has 0 aromatic carbocycles. The molecule has 0 spiro atoms. The van der Waals surface area contributed by atoms with Gasteiger partial charge in [-0.1, -0.05) is 20.8 Å². The molecule has 3 unspecified atom stereocenters. The first-order valence-corrected chi connectivity index (χ1v) is 14.4. The molecule has 0 heterocycles. The zero-order valence-corrected chi connectivity index (χ0v) is 25.1. The van der Waals surface area contributed by atoms with E-state index in [0.29, 0.717) is 12.8 Å². The molecular formula is C26H42NNaO8S. The van der Waals surface area contributed by atoms with Crippen LogP contribution in [0.1, 0.15) is 90.4 Å². The van der Waals surface area contributed by atoms with Crippen molar-refractivity contribution in [1.29, 1.82) is 0 Å². The fourth-order valence-electron chi connectivity index (χ4n) is 8.47. The van der Waals surface area contributed by atoms with Gasteiger partial charge in [-0.3, -0.25) is 13.8 Å². The second kappa shape index (κ2) is 11.7. The molecule has 4 saturated carbocycles. The van der Waals surface area contributed by atoms with Crippen LogP contribution >= 0.6 is 0 Å². The number of carbonyl (C=O) groups excluding carboxylic acids is 1. The summed E-state index contributed by atoms with van der Waals surface area (Å²) in [7, 11) is -5.36. The minimum absolute atomic E-state index is 0. The average Bonchev–Trinajstić information content (AvgIpc) is 3.17. The van der Waals surface area contributed by atoms with Gasteiger partial charge in [0, 0.05) is 11.9 Å². The Morgan fingerprint density at radius 3 is 2.51 bits per heavy atom. The molecule has 1 amide bonds. The van der Waals surface area contributed by atoms with Gasteiger partial charge in [0.15, 0.2) is 0 Å². The summed E-state index contributed by atoms with van der Waals surface area (Å²) in [4.78, 5) is 22.8. The van der Waals surface area contributed by atoms with Crippen molar-refractivity contribution in [2.75, 3.05) is 6.54 Å². The van der Waals surface area contributed by atoms with E-state index in [1.165, 1.54) is 0 Å². The maximum atomic E-state index is 12.1. The number of hydrogen-bond donors (Lipinski definition) is 3. The van der Waals surface area contributed by atoms with Gasteiger partial charge >= 0.3 is 35.5 Å². The average molecular weight is 556 g/mol. The molecule has 10 atom stereocenters. The SMILES string of the molecule is [2H]C1([2H])C[C@]2(C)C3CC[C@@]4(C)C(CC[C@@H]4[C@H](C)CCC(=O)NCC(=O)O)C3[C@H](O)C[C@@H]2C([2H])([2H])[C@@H]1OS(=O)(=O)[O-].[Na+]. The van der Waals surface area contributed by atoms with Crippen molar-refractivity contribution in [2.24, 2.45) is 46.3 Å². The van der Waals surface area contributed by atoms with Crippen molar-refractivity contribution in [3.05, 3.63) is 0 Å². The minimum Gasteiger partial charge on any atom is -0.726 e. The summed E-state index contributed by atoms with van der Waals surface area (Å²) in [6.07, 6.45) is -3.95. The quantitative estimate of drug-likeness (QED) is 0.216. The van der Waals surface area contributed by atoms with Gasteiger partial charge in [0.1, 0.15) is 6.54 Å². The molecule has 3 N–H and O–H groups in total. The topological polar surface area (TPSA) is 153 Å². The summed E-state index contributed by atoms with van der Waals surface area (Å²) >= 11 is 0. The summed E-state index contributed by atoms with van der Waals surface area (Å²) in [5, 5.41) is 22.7. The number of nitrogens with one attached hydrogen (secondary N) is 1. The summed E-state index contributed by atoms with van der Waals surface area (Å²) < 4.78 is 73.5. The largest absolute Gasteiger partial charge is 1.00 e. The monoisotopic (exact) mass is 555 g/mol. The number of aliphatic hydroxyl groups excluding tert-OH is 1. The van der Waals surface area contributed by atoms with Crippen molar-refractivity contribution in [1.82, 2.24) is 5.32 Å². The third kappa shape index (κ3) is 6.41. The normalized spacial score (nSPS) is 46.2. The van der Waals surface area contributed by atoms with Gasteiger partial charge in [0.05, 0.1) is 12.2 Å². The maximum absolute atomic E-state index is 12.1. The molecule has 0 saturated heterocycles. The number of aliphatic hydroxyl groups is 1. The fraction of sp³-hybridized carbons (Fsp3) is 0.923. The molecule has 4 fully saturated rings. The maximum Gasteiger partial charge on any atom is 1.00 e. The molecule has 0 aromatic heterocycles. The first kappa shape index (κ1) is 25.7. The van der Waals surface area contributed by atoms with Crippen LogP contribution in [0.2, 0.25) is 0 Å². The Hall–Kier alpha value is -0.230. The Balaban J connectivity index is 0.00000462. The second-order valence-corrected chi connectivity index (χ2v) is 13.0. The van der Waals surface area contributed by atoms with Crippen molar-refractivity contribution in [3.8, 4) is 0 Å². The van der Waals surface area contributed by atoms with E-state index in [1.807, 2.05) is 6.92 Å². The van der Waals surface area contributed by atoms with Crippen LogP contribution in [0.4, 0.5) is 0 Å². The van der Waals surface area contributed by atoms with Crippen LogP contribution in [0.5, 0.6) is 0 Å². The van der Waals surface area contributed by atoms with Gasteiger partial charge in [-0.25, -0.2) is 8.42 Å². The standard InChI is InChI=1S/C26H43NO8S.Na/c1-15(4-7-22(29)27-14-23(30)31)18-5-6-19-24-20(9-11-26(18,19)3)25(2)10-8-17(35-36(32,33)34)12-16(25)13-21(24)28;/h15-21,24,28H,4-14H2,1-3H3,(H,27,29)(H,30,31)(H,32,33,34);/q;+1/p-1/t15-,16+,17-,18-,19?,20?,21-,24?,25+,26-;/m1./s1/i8D2,12D2;. The summed E-state index contributed by atoms with van der Waals surface area (Å²) in [5.74, 6) is -2.05. The molecule has 0 aliphatic heterocycles. The molecule has 11 heteroatoms. The van der Waals surface area contributed by atoms with Gasteiger partial charge in [0.2, 0.25) is 16.3 Å². The van der Waals surface area contributed by atoms with Crippen molar-refractivity contribution in [2.45, 2.75) is 97.1 Å². The first-order chi connectivity index (χ1) is 18.2. The summed E-state index contributed by atoms with van der Waals surface area (Å²) in [5.41, 5.74) is -1.01. The van der Waals surface area contributed by atoms with Crippen molar-refractivity contribution < 1.29 is 72.0 Å². The number of aliphatic carboxylic acids is 1. The third-order valence-electron chi connectivity index (χ3n) is 10.2. The summed E-state index contributed by atoms with van der Waals surface area (Å²) in [6, 6.07) is 0. The van der Waals surface area contributed by atoms with E-state index >= 15 is 0 Å². The number of fused-ring (bicyclic) bond motifs is 5. The van der Waals surface area contributed by atoms with Crippen LogP contribution < -0.4 is 34.9 Å². The van der Waals surface area contributed by atoms with Crippen LogP contribution in [0.25, 0.3) is 0 Å².